The smallest absolute Gasteiger partial charge is 0.167 e. The van der Waals surface area contributed by atoms with E-state index < -0.39 is 0 Å². The molecular formula is C21H33NO. The summed E-state index contributed by atoms with van der Waals surface area (Å²) in [5.41, 5.74) is 2.27. The van der Waals surface area contributed by atoms with Gasteiger partial charge >= 0.3 is 0 Å². The first-order valence-corrected chi connectivity index (χ1v) is 8.76. The van der Waals surface area contributed by atoms with Crippen LogP contribution in [0.2, 0.25) is 0 Å². The Balaban J connectivity index is 2.27. The molecule has 1 fully saturated rings. The van der Waals surface area contributed by atoms with Gasteiger partial charge < -0.3 is 0 Å². The molecule has 0 saturated carbocycles. The van der Waals surface area contributed by atoms with E-state index in [0.29, 0.717) is 0 Å². The first-order chi connectivity index (χ1) is 10.4. The number of rotatable bonds is 2. The van der Waals surface area contributed by atoms with Crippen molar-refractivity contribution < 1.29 is 4.79 Å². The number of hydrogen-bond acceptors (Lipinski definition) is 2. The Morgan fingerprint density at radius 2 is 1.61 bits per heavy atom. The summed E-state index contributed by atoms with van der Waals surface area (Å²) < 4.78 is 0. The highest BCUT2D eigenvalue weighted by Gasteiger charge is 2.47. The van der Waals surface area contributed by atoms with Gasteiger partial charge in [-0.05, 0) is 58.6 Å². The van der Waals surface area contributed by atoms with E-state index in [9.17, 15) is 4.79 Å². The third kappa shape index (κ3) is 3.38. The van der Waals surface area contributed by atoms with Crippen LogP contribution < -0.4 is 0 Å². The number of ketones is 1. The molecule has 0 amide bonds. The Labute approximate surface area is 142 Å². The van der Waals surface area contributed by atoms with Crippen LogP contribution in [-0.2, 0) is 5.41 Å². The van der Waals surface area contributed by atoms with Crippen LogP contribution in [0.25, 0.3) is 0 Å². The summed E-state index contributed by atoms with van der Waals surface area (Å²) >= 11 is 0. The van der Waals surface area contributed by atoms with Crippen molar-refractivity contribution in [3.05, 3.63) is 35.4 Å². The highest BCUT2D eigenvalue weighted by molar-refractivity contribution is 5.98. The van der Waals surface area contributed by atoms with Gasteiger partial charge in [0.25, 0.3) is 0 Å². The van der Waals surface area contributed by atoms with E-state index in [-0.39, 0.29) is 28.2 Å². The van der Waals surface area contributed by atoms with Crippen molar-refractivity contribution in [3.63, 3.8) is 0 Å². The van der Waals surface area contributed by atoms with Gasteiger partial charge in [0.2, 0.25) is 0 Å². The van der Waals surface area contributed by atoms with Gasteiger partial charge in [-0.15, -0.1) is 0 Å². The SMILES string of the molecule is CN1C(C)(C)CCC(C(=O)c2ccc(C(C)(C)C)cc2)C1(C)C. The van der Waals surface area contributed by atoms with Crippen molar-refractivity contribution in [2.75, 3.05) is 7.05 Å². The molecule has 0 radical (unpaired) electrons. The van der Waals surface area contributed by atoms with Gasteiger partial charge in [0.15, 0.2) is 5.78 Å². The lowest BCUT2D eigenvalue weighted by Gasteiger charge is -2.54. The number of nitrogens with zero attached hydrogens (tertiary/aromatic N) is 1. The molecule has 1 aliphatic heterocycles. The number of likely N-dealkylation sites (tertiary alicyclic amines) is 1. The van der Waals surface area contributed by atoms with Crippen LogP contribution >= 0.6 is 0 Å². The first kappa shape index (κ1) is 18.2. The van der Waals surface area contributed by atoms with Gasteiger partial charge in [0.05, 0.1) is 0 Å². The van der Waals surface area contributed by atoms with Crippen molar-refractivity contribution in [2.45, 2.75) is 77.8 Å². The van der Waals surface area contributed by atoms with E-state index in [1.165, 1.54) is 5.56 Å². The molecule has 1 atom stereocenters. The standard InChI is InChI=1S/C21H33NO/c1-19(2,3)16-11-9-15(10-12-16)18(23)17-13-14-20(4,5)22(8)21(17,6)7/h9-12,17H,13-14H2,1-8H3. The summed E-state index contributed by atoms with van der Waals surface area (Å²) in [4.78, 5) is 15.5. The van der Waals surface area contributed by atoms with Gasteiger partial charge in [-0.3, -0.25) is 9.69 Å². The van der Waals surface area contributed by atoms with Crippen LogP contribution in [0.5, 0.6) is 0 Å². The summed E-state index contributed by atoms with van der Waals surface area (Å²) in [6.07, 6.45) is 2.02. The number of carbonyl (C=O) groups excluding carboxylic acids is 1. The van der Waals surface area contributed by atoms with Crippen LogP contribution in [0.1, 0.15) is 77.2 Å². The Kier molecular flexibility index (Phi) is 4.54. The van der Waals surface area contributed by atoms with E-state index in [0.717, 1.165) is 18.4 Å². The molecule has 0 spiro atoms. The topological polar surface area (TPSA) is 20.3 Å². The van der Waals surface area contributed by atoms with E-state index in [2.05, 4.69) is 72.5 Å². The number of benzene rings is 1. The molecule has 0 N–H and O–H groups in total. The quantitative estimate of drug-likeness (QED) is 0.710. The average Bonchev–Trinajstić information content (AvgIpc) is 2.44. The number of hydrogen-bond donors (Lipinski definition) is 0. The molecule has 0 aromatic heterocycles. The Bertz CT molecular complexity index is 575. The summed E-state index contributed by atoms with van der Waals surface area (Å²) in [6, 6.07) is 8.24. The maximum Gasteiger partial charge on any atom is 0.167 e. The van der Waals surface area contributed by atoms with Crippen LogP contribution in [0, 0.1) is 5.92 Å². The molecule has 1 aromatic rings. The zero-order valence-corrected chi connectivity index (χ0v) is 16.2. The summed E-state index contributed by atoms with van der Waals surface area (Å²) in [5.74, 6) is 0.346. The summed E-state index contributed by atoms with van der Waals surface area (Å²) in [7, 11) is 2.15. The van der Waals surface area contributed by atoms with Gasteiger partial charge in [-0.25, -0.2) is 0 Å². The molecule has 2 nitrogen and oxygen atoms in total. The van der Waals surface area contributed by atoms with Crippen LogP contribution in [0.4, 0.5) is 0 Å². The van der Waals surface area contributed by atoms with E-state index in [1.807, 2.05) is 12.1 Å². The number of piperidine rings is 1. The zero-order chi connectivity index (χ0) is 17.6. The van der Waals surface area contributed by atoms with E-state index in [1.54, 1.807) is 0 Å². The molecule has 1 aromatic carbocycles. The van der Waals surface area contributed by atoms with Crippen molar-refractivity contribution in [1.29, 1.82) is 0 Å². The molecule has 2 heteroatoms. The predicted molar refractivity (Wildman–Crippen MR) is 98.1 cm³/mol. The second kappa shape index (κ2) is 5.73. The van der Waals surface area contributed by atoms with Crippen molar-refractivity contribution in [3.8, 4) is 0 Å². The largest absolute Gasteiger partial charge is 0.295 e. The van der Waals surface area contributed by atoms with Gasteiger partial charge in [-0.2, -0.15) is 0 Å². The van der Waals surface area contributed by atoms with Crippen molar-refractivity contribution in [1.82, 2.24) is 4.90 Å². The zero-order valence-electron chi connectivity index (χ0n) is 16.2. The van der Waals surface area contributed by atoms with Gasteiger partial charge in [-0.1, -0.05) is 45.0 Å². The predicted octanol–water partition coefficient (Wildman–Crippen LogP) is 5.07. The van der Waals surface area contributed by atoms with Crippen molar-refractivity contribution >= 4 is 5.78 Å². The lowest BCUT2D eigenvalue weighted by molar-refractivity contribution is -0.0347. The second-order valence-electron chi connectivity index (χ2n) is 9.31. The van der Waals surface area contributed by atoms with Crippen LogP contribution in [0.3, 0.4) is 0 Å². The molecule has 23 heavy (non-hydrogen) atoms. The van der Waals surface area contributed by atoms with Crippen molar-refractivity contribution in [2.24, 2.45) is 5.92 Å². The fraction of sp³-hybridized carbons (Fsp3) is 0.667. The summed E-state index contributed by atoms with van der Waals surface area (Å²) in [6.45, 7) is 15.6. The molecule has 0 bridgehead atoms. The highest BCUT2D eigenvalue weighted by Crippen LogP contribution is 2.42. The molecule has 1 saturated heterocycles. The van der Waals surface area contributed by atoms with Gasteiger partial charge in [0.1, 0.15) is 0 Å². The highest BCUT2D eigenvalue weighted by atomic mass is 16.1. The second-order valence-corrected chi connectivity index (χ2v) is 9.31. The minimum Gasteiger partial charge on any atom is -0.295 e. The maximum atomic E-state index is 13.1. The third-order valence-corrected chi connectivity index (χ3v) is 6.02. The monoisotopic (exact) mass is 315 g/mol. The molecule has 1 heterocycles. The number of Topliss-reactive ketones (excluding diaryl/α,β-unsaturated/α-hetero) is 1. The maximum absolute atomic E-state index is 13.1. The Hall–Kier alpha value is -1.15. The molecule has 128 valence electrons. The fourth-order valence-electron chi connectivity index (χ4n) is 3.82. The fourth-order valence-corrected chi connectivity index (χ4v) is 3.82. The molecule has 1 unspecified atom stereocenters. The summed E-state index contributed by atoms with van der Waals surface area (Å²) in [5, 5.41) is 0. The van der Waals surface area contributed by atoms with Gasteiger partial charge in [0, 0.05) is 22.6 Å². The molecule has 1 aliphatic rings. The first-order valence-electron chi connectivity index (χ1n) is 8.76. The van der Waals surface area contributed by atoms with E-state index >= 15 is 0 Å². The minimum absolute atomic E-state index is 0.0565. The molecular weight excluding hydrogens is 282 g/mol. The normalized spacial score (nSPS) is 24.4. The molecule has 2 rings (SSSR count). The average molecular weight is 316 g/mol. The van der Waals surface area contributed by atoms with E-state index in [4.69, 9.17) is 0 Å². The Morgan fingerprint density at radius 3 is 2.09 bits per heavy atom. The minimum atomic E-state index is -0.123. The third-order valence-electron chi connectivity index (χ3n) is 6.02. The van der Waals surface area contributed by atoms with Crippen LogP contribution in [-0.4, -0.2) is 28.8 Å². The lowest BCUT2D eigenvalue weighted by atomic mass is 9.70. The number of carbonyl (C=O) groups is 1. The molecule has 0 aliphatic carbocycles. The lowest BCUT2D eigenvalue weighted by Crippen LogP contribution is -2.62. The van der Waals surface area contributed by atoms with Crippen LogP contribution in [0.15, 0.2) is 24.3 Å². The Morgan fingerprint density at radius 1 is 1.09 bits per heavy atom.